The monoisotopic (exact) mass is 423 g/mol. The van der Waals surface area contributed by atoms with Crippen molar-refractivity contribution in [3.8, 4) is 11.5 Å². The summed E-state index contributed by atoms with van der Waals surface area (Å²) in [5, 5.41) is 3.05. The molecule has 2 fully saturated rings. The molecule has 3 aliphatic rings. The Morgan fingerprint density at radius 1 is 0.968 bits per heavy atom. The van der Waals surface area contributed by atoms with E-state index in [-0.39, 0.29) is 11.8 Å². The number of nitrogens with one attached hydrogen (secondary N) is 1. The molecule has 0 aliphatic carbocycles. The molecular weight excluding hydrogens is 394 g/mol. The number of carbonyl (C=O) groups is 1. The zero-order valence-corrected chi connectivity index (χ0v) is 17.8. The molecule has 0 atom stereocenters. The summed E-state index contributed by atoms with van der Waals surface area (Å²) in [7, 11) is 0. The summed E-state index contributed by atoms with van der Waals surface area (Å²) in [4.78, 5) is 26.4. The maximum atomic E-state index is 12.9. The molecule has 1 N–H and O–H groups in total. The van der Waals surface area contributed by atoms with Crippen molar-refractivity contribution in [2.24, 2.45) is 5.92 Å². The Hall–Kier alpha value is -3.03. The van der Waals surface area contributed by atoms with E-state index in [4.69, 9.17) is 9.47 Å². The van der Waals surface area contributed by atoms with E-state index >= 15 is 0 Å². The molecule has 0 spiro atoms. The number of ether oxygens (including phenoxy) is 2. The van der Waals surface area contributed by atoms with Crippen LogP contribution in [0.1, 0.15) is 32.1 Å². The van der Waals surface area contributed by atoms with E-state index in [0.29, 0.717) is 19.0 Å². The molecule has 4 heterocycles. The number of fused-ring (bicyclic) bond motifs is 1. The lowest BCUT2D eigenvalue weighted by Crippen LogP contribution is -2.40. The zero-order chi connectivity index (χ0) is 21.0. The lowest BCUT2D eigenvalue weighted by Gasteiger charge is -2.36. The first kappa shape index (κ1) is 19.9. The molecular formula is C23H29N5O3. The van der Waals surface area contributed by atoms with E-state index in [0.717, 1.165) is 62.0 Å². The smallest absolute Gasteiger partial charge is 0.227 e. The summed E-state index contributed by atoms with van der Waals surface area (Å²) in [6, 6.07) is 5.56. The summed E-state index contributed by atoms with van der Waals surface area (Å²) in [6.07, 6.45) is 8.90. The highest BCUT2D eigenvalue weighted by Crippen LogP contribution is 2.34. The van der Waals surface area contributed by atoms with Crippen LogP contribution in [0.4, 0.5) is 17.2 Å². The van der Waals surface area contributed by atoms with Crippen LogP contribution in [0.2, 0.25) is 0 Å². The number of benzene rings is 1. The molecule has 0 saturated carbocycles. The van der Waals surface area contributed by atoms with Crippen LogP contribution in [-0.2, 0) is 4.79 Å². The van der Waals surface area contributed by atoms with E-state index in [1.807, 2.05) is 24.4 Å². The first-order valence-electron chi connectivity index (χ1n) is 11.3. The van der Waals surface area contributed by atoms with Crippen LogP contribution >= 0.6 is 0 Å². The van der Waals surface area contributed by atoms with Gasteiger partial charge in [0.1, 0.15) is 19.5 Å². The average molecular weight is 424 g/mol. The second-order valence-electron chi connectivity index (χ2n) is 8.39. The maximum absolute atomic E-state index is 12.9. The van der Waals surface area contributed by atoms with Crippen LogP contribution < -0.4 is 24.6 Å². The van der Waals surface area contributed by atoms with E-state index in [2.05, 4.69) is 25.1 Å². The first-order valence-corrected chi connectivity index (χ1v) is 11.3. The highest BCUT2D eigenvalue weighted by molar-refractivity contribution is 5.93. The minimum absolute atomic E-state index is 0.00693. The average Bonchev–Trinajstić information content (AvgIpc) is 2.84. The SMILES string of the molecule is O=C(Nc1ccc2c(c1)OCCO2)C1CCN(c2cncnc2N2CCCCC2)CC1. The van der Waals surface area contributed by atoms with Gasteiger partial charge >= 0.3 is 0 Å². The molecule has 164 valence electrons. The van der Waals surface area contributed by atoms with E-state index < -0.39 is 0 Å². The number of carbonyl (C=O) groups excluding carboxylic acids is 1. The van der Waals surface area contributed by atoms with Crippen molar-refractivity contribution in [2.75, 3.05) is 54.5 Å². The highest BCUT2D eigenvalue weighted by atomic mass is 16.6. The van der Waals surface area contributed by atoms with Crippen molar-refractivity contribution in [2.45, 2.75) is 32.1 Å². The minimum Gasteiger partial charge on any atom is -0.486 e. The van der Waals surface area contributed by atoms with Crippen molar-refractivity contribution in [1.82, 2.24) is 9.97 Å². The minimum atomic E-state index is -0.00693. The summed E-state index contributed by atoms with van der Waals surface area (Å²) < 4.78 is 11.2. The van der Waals surface area contributed by atoms with Gasteiger partial charge in [-0.3, -0.25) is 4.79 Å². The van der Waals surface area contributed by atoms with Crippen molar-refractivity contribution in [3.63, 3.8) is 0 Å². The Bertz CT molecular complexity index is 923. The number of rotatable bonds is 4. The number of nitrogens with zero attached hydrogens (tertiary/aromatic N) is 4. The second-order valence-corrected chi connectivity index (χ2v) is 8.39. The number of amides is 1. The number of aromatic nitrogens is 2. The van der Waals surface area contributed by atoms with Crippen LogP contribution in [-0.4, -0.2) is 55.3 Å². The molecule has 31 heavy (non-hydrogen) atoms. The normalized spacial score (nSPS) is 19.2. The summed E-state index contributed by atoms with van der Waals surface area (Å²) in [6.45, 7) is 4.85. The fraction of sp³-hybridized carbons (Fsp3) is 0.522. The molecule has 8 heteroatoms. The Kier molecular flexibility index (Phi) is 5.78. The quantitative estimate of drug-likeness (QED) is 0.809. The largest absolute Gasteiger partial charge is 0.486 e. The maximum Gasteiger partial charge on any atom is 0.227 e. The first-order chi connectivity index (χ1) is 15.3. The predicted molar refractivity (Wildman–Crippen MR) is 119 cm³/mol. The van der Waals surface area contributed by atoms with Crippen molar-refractivity contribution < 1.29 is 14.3 Å². The van der Waals surface area contributed by atoms with Crippen LogP contribution in [0.5, 0.6) is 11.5 Å². The molecule has 1 amide bonds. The molecule has 0 radical (unpaired) electrons. The van der Waals surface area contributed by atoms with Gasteiger partial charge in [0.2, 0.25) is 5.91 Å². The van der Waals surface area contributed by atoms with Crippen LogP contribution in [0.25, 0.3) is 0 Å². The molecule has 8 nitrogen and oxygen atoms in total. The Morgan fingerprint density at radius 3 is 2.55 bits per heavy atom. The third-order valence-electron chi connectivity index (χ3n) is 6.34. The standard InChI is InChI=1S/C23H29N5O3/c29-23(26-18-4-5-20-21(14-18)31-13-12-30-20)17-6-10-27(11-7-17)19-15-24-16-25-22(19)28-8-2-1-3-9-28/h4-5,14-17H,1-3,6-13H2,(H,26,29). The Balaban J connectivity index is 1.20. The van der Waals surface area contributed by atoms with Gasteiger partial charge in [-0.1, -0.05) is 0 Å². The van der Waals surface area contributed by atoms with Crippen LogP contribution in [0, 0.1) is 5.92 Å². The number of anilines is 3. The van der Waals surface area contributed by atoms with Crippen LogP contribution in [0.15, 0.2) is 30.7 Å². The molecule has 5 rings (SSSR count). The van der Waals surface area contributed by atoms with Gasteiger partial charge in [-0.05, 0) is 44.2 Å². The van der Waals surface area contributed by atoms with Crippen molar-refractivity contribution >= 4 is 23.1 Å². The van der Waals surface area contributed by atoms with Crippen molar-refractivity contribution in [1.29, 1.82) is 0 Å². The molecule has 1 aromatic carbocycles. The molecule has 0 bridgehead atoms. The van der Waals surface area contributed by atoms with Gasteiger partial charge < -0.3 is 24.6 Å². The third kappa shape index (κ3) is 4.38. The fourth-order valence-electron chi connectivity index (χ4n) is 4.64. The van der Waals surface area contributed by atoms with Gasteiger partial charge in [-0.2, -0.15) is 0 Å². The second kappa shape index (κ2) is 8.99. The highest BCUT2D eigenvalue weighted by Gasteiger charge is 2.28. The van der Waals surface area contributed by atoms with E-state index in [1.54, 1.807) is 6.33 Å². The lowest BCUT2D eigenvalue weighted by atomic mass is 9.95. The molecule has 0 unspecified atom stereocenters. The topological polar surface area (TPSA) is 79.8 Å². The van der Waals surface area contributed by atoms with E-state index in [9.17, 15) is 4.79 Å². The van der Waals surface area contributed by atoms with Crippen LogP contribution in [0.3, 0.4) is 0 Å². The van der Waals surface area contributed by atoms with Crippen molar-refractivity contribution in [3.05, 3.63) is 30.7 Å². The summed E-state index contributed by atoms with van der Waals surface area (Å²) in [5.41, 5.74) is 1.84. The lowest BCUT2D eigenvalue weighted by molar-refractivity contribution is -0.120. The third-order valence-corrected chi connectivity index (χ3v) is 6.34. The molecule has 3 aliphatic heterocycles. The molecule has 1 aromatic heterocycles. The van der Waals surface area contributed by atoms with Gasteiger partial charge in [-0.15, -0.1) is 0 Å². The number of piperidine rings is 2. The number of hydrogen-bond acceptors (Lipinski definition) is 7. The number of hydrogen-bond donors (Lipinski definition) is 1. The molecule has 2 saturated heterocycles. The van der Waals surface area contributed by atoms with Gasteiger partial charge in [0.05, 0.1) is 11.9 Å². The Labute approximate surface area is 182 Å². The Morgan fingerprint density at radius 2 is 1.74 bits per heavy atom. The predicted octanol–water partition coefficient (Wildman–Crippen LogP) is 3.09. The van der Waals surface area contributed by atoms with Gasteiger partial charge in [0.25, 0.3) is 0 Å². The fourth-order valence-corrected chi connectivity index (χ4v) is 4.64. The van der Waals surface area contributed by atoms with E-state index in [1.165, 1.54) is 19.3 Å². The zero-order valence-electron chi connectivity index (χ0n) is 17.8. The van der Waals surface area contributed by atoms with Gasteiger partial charge in [-0.25, -0.2) is 9.97 Å². The molecule has 2 aromatic rings. The summed E-state index contributed by atoms with van der Waals surface area (Å²) >= 11 is 0. The summed E-state index contributed by atoms with van der Waals surface area (Å²) in [5.74, 6) is 2.51. The van der Waals surface area contributed by atoms with Gasteiger partial charge in [0, 0.05) is 43.9 Å². The van der Waals surface area contributed by atoms with Gasteiger partial charge in [0.15, 0.2) is 17.3 Å².